The number of carbonyl (C=O) groups is 2. The molecule has 2 amide bonds. The Labute approximate surface area is 216 Å². The Morgan fingerprint density at radius 1 is 1.00 bits per heavy atom. The van der Waals surface area contributed by atoms with Crippen molar-refractivity contribution in [1.29, 1.82) is 0 Å². The van der Waals surface area contributed by atoms with E-state index in [2.05, 4.69) is 0 Å². The highest BCUT2D eigenvalue weighted by atomic mass is 19.1. The van der Waals surface area contributed by atoms with Gasteiger partial charge in [-0.1, -0.05) is 60.7 Å². The number of hydrogen-bond donors (Lipinski definition) is 0. The van der Waals surface area contributed by atoms with Gasteiger partial charge in [-0.15, -0.1) is 0 Å². The van der Waals surface area contributed by atoms with Gasteiger partial charge in [0, 0.05) is 31.5 Å². The van der Waals surface area contributed by atoms with Crippen molar-refractivity contribution >= 4 is 12.0 Å². The second-order valence-electron chi connectivity index (χ2n) is 9.89. The molecule has 37 heavy (non-hydrogen) atoms. The van der Waals surface area contributed by atoms with Gasteiger partial charge in [0.25, 0.3) is 0 Å². The van der Waals surface area contributed by atoms with Crippen LogP contribution in [0.5, 0.6) is 5.75 Å². The van der Waals surface area contributed by atoms with Crippen LogP contribution in [-0.4, -0.2) is 47.6 Å². The van der Waals surface area contributed by atoms with Crippen molar-refractivity contribution < 1.29 is 23.5 Å². The molecule has 2 aliphatic heterocycles. The summed E-state index contributed by atoms with van der Waals surface area (Å²) >= 11 is 0. The predicted molar refractivity (Wildman–Crippen MR) is 137 cm³/mol. The van der Waals surface area contributed by atoms with Crippen molar-refractivity contribution in [3.63, 3.8) is 0 Å². The van der Waals surface area contributed by atoms with E-state index in [1.54, 1.807) is 30.2 Å². The lowest BCUT2D eigenvalue weighted by Crippen LogP contribution is -2.59. The van der Waals surface area contributed by atoms with Gasteiger partial charge in [0.2, 0.25) is 5.91 Å². The monoisotopic (exact) mass is 502 g/mol. The van der Waals surface area contributed by atoms with Crippen LogP contribution in [0, 0.1) is 5.82 Å². The number of amides is 2. The fourth-order valence-electron chi connectivity index (χ4n) is 5.73. The first-order valence-corrected chi connectivity index (χ1v) is 12.6. The predicted octanol–water partition coefficient (Wildman–Crippen LogP) is 5.31. The highest BCUT2D eigenvalue weighted by Gasteiger charge is 2.63. The minimum atomic E-state index is -0.844. The average Bonchev–Trinajstić information content (AvgIpc) is 3.12. The van der Waals surface area contributed by atoms with Crippen molar-refractivity contribution in [2.75, 3.05) is 20.2 Å². The van der Waals surface area contributed by atoms with Crippen molar-refractivity contribution in [1.82, 2.24) is 9.80 Å². The molecule has 0 N–H and O–H groups in total. The van der Waals surface area contributed by atoms with Crippen LogP contribution in [0.4, 0.5) is 9.18 Å². The van der Waals surface area contributed by atoms with Crippen LogP contribution in [-0.2, 0) is 28.0 Å². The summed E-state index contributed by atoms with van der Waals surface area (Å²) in [7, 11) is 1.60. The van der Waals surface area contributed by atoms with Crippen molar-refractivity contribution in [3.8, 4) is 5.75 Å². The van der Waals surface area contributed by atoms with Crippen LogP contribution < -0.4 is 4.74 Å². The SMILES string of the molecule is COc1cccc(CC(=O)N2CCC3(CC2)OC(=O)N(Cc2ccccc2F)C3(C)c2ccccc2)c1. The number of nitrogens with zero attached hydrogens (tertiary/aromatic N) is 2. The molecule has 3 aromatic rings. The van der Waals surface area contributed by atoms with E-state index < -0.39 is 17.2 Å². The van der Waals surface area contributed by atoms with Crippen LogP contribution in [0.15, 0.2) is 78.9 Å². The topological polar surface area (TPSA) is 59.1 Å². The highest BCUT2D eigenvalue weighted by molar-refractivity contribution is 5.79. The fraction of sp³-hybridized carbons (Fsp3) is 0.333. The first-order valence-electron chi connectivity index (χ1n) is 12.6. The van der Waals surface area contributed by atoms with Crippen molar-refractivity contribution in [2.24, 2.45) is 0 Å². The summed E-state index contributed by atoms with van der Waals surface area (Å²) in [4.78, 5) is 30.0. The molecule has 1 spiro atoms. The van der Waals surface area contributed by atoms with Crippen LogP contribution in [0.25, 0.3) is 0 Å². The summed E-state index contributed by atoms with van der Waals surface area (Å²) in [5.41, 5.74) is 0.568. The normalized spacial score (nSPS) is 20.7. The maximum absolute atomic E-state index is 14.6. The number of ether oxygens (including phenoxy) is 2. The molecule has 7 heteroatoms. The molecule has 0 bridgehead atoms. The number of carbonyl (C=O) groups excluding carboxylic acids is 2. The van der Waals surface area contributed by atoms with E-state index in [0.717, 1.165) is 11.1 Å². The zero-order valence-electron chi connectivity index (χ0n) is 21.2. The number of rotatable bonds is 6. The Morgan fingerprint density at radius 2 is 1.70 bits per heavy atom. The summed E-state index contributed by atoms with van der Waals surface area (Å²) in [6.07, 6.45) is 0.786. The van der Waals surface area contributed by atoms with E-state index in [9.17, 15) is 14.0 Å². The number of methoxy groups -OCH3 is 1. The van der Waals surface area contributed by atoms with Crippen LogP contribution >= 0.6 is 0 Å². The standard InChI is InChI=1S/C30H31FN2O4/c1-29(24-11-4-3-5-12-24)30(37-28(35)33(29)21-23-10-6-7-14-26(23)31)15-17-32(18-16-30)27(34)20-22-9-8-13-25(19-22)36-2/h3-14,19H,15-18,20-21H2,1-2H3. The fourth-order valence-corrected chi connectivity index (χ4v) is 5.73. The largest absolute Gasteiger partial charge is 0.497 e. The zero-order chi connectivity index (χ0) is 26.0. The van der Waals surface area contributed by atoms with E-state index in [-0.39, 0.29) is 24.7 Å². The molecule has 3 aromatic carbocycles. The average molecular weight is 503 g/mol. The maximum Gasteiger partial charge on any atom is 0.411 e. The van der Waals surface area contributed by atoms with Gasteiger partial charge < -0.3 is 14.4 Å². The summed E-state index contributed by atoms with van der Waals surface area (Å²) in [6.45, 7) is 3.02. The van der Waals surface area contributed by atoms with Crippen molar-refractivity contribution in [3.05, 3.63) is 101 Å². The lowest BCUT2D eigenvalue weighted by molar-refractivity contribution is -0.136. The summed E-state index contributed by atoms with van der Waals surface area (Å²) in [5.74, 6) is 0.385. The van der Waals surface area contributed by atoms with E-state index >= 15 is 0 Å². The number of likely N-dealkylation sites (tertiary alicyclic amines) is 1. The molecule has 1 atom stereocenters. The molecule has 192 valence electrons. The molecule has 2 aliphatic rings. The third-order valence-corrected chi connectivity index (χ3v) is 7.97. The third-order valence-electron chi connectivity index (χ3n) is 7.97. The third kappa shape index (κ3) is 4.43. The van der Waals surface area contributed by atoms with Crippen LogP contribution in [0.3, 0.4) is 0 Å². The minimum Gasteiger partial charge on any atom is -0.497 e. The Morgan fingerprint density at radius 3 is 2.41 bits per heavy atom. The zero-order valence-corrected chi connectivity index (χ0v) is 21.2. The minimum absolute atomic E-state index is 0.0250. The molecular formula is C30H31FN2O4. The van der Waals surface area contributed by atoms with Crippen LogP contribution in [0.2, 0.25) is 0 Å². The van der Waals surface area contributed by atoms with Gasteiger partial charge in [0.15, 0.2) is 0 Å². The lowest BCUT2D eigenvalue weighted by atomic mass is 9.70. The Hall–Kier alpha value is -3.87. The lowest BCUT2D eigenvalue weighted by Gasteiger charge is -2.48. The van der Waals surface area contributed by atoms with Gasteiger partial charge in [0.05, 0.1) is 20.1 Å². The summed E-state index contributed by atoms with van der Waals surface area (Å²) in [6, 6.07) is 23.8. The van der Waals surface area contributed by atoms with E-state index in [0.29, 0.717) is 37.2 Å². The van der Waals surface area contributed by atoms with Gasteiger partial charge in [0.1, 0.15) is 22.7 Å². The second kappa shape index (κ2) is 9.88. The summed E-state index contributed by atoms with van der Waals surface area (Å²) in [5, 5.41) is 0. The molecule has 0 aromatic heterocycles. The molecule has 0 radical (unpaired) electrons. The molecular weight excluding hydrogens is 471 g/mol. The van der Waals surface area contributed by atoms with Crippen LogP contribution in [0.1, 0.15) is 36.5 Å². The maximum atomic E-state index is 14.6. The van der Waals surface area contributed by atoms with E-state index in [1.165, 1.54) is 6.07 Å². The number of benzene rings is 3. The molecule has 2 fully saturated rings. The van der Waals surface area contributed by atoms with Gasteiger partial charge >= 0.3 is 6.09 Å². The van der Waals surface area contributed by atoms with Gasteiger partial charge in [-0.2, -0.15) is 0 Å². The Balaban J connectivity index is 1.40. The van der Waals surface area contributed by atoms with Gasteiger partial charge in [-0.05, 0) is 36.2 Å². The molecule has 6 nitrogen and oxygen atoms in total. The molecule has 1 unspecified atom stereocenters. The Kier molecular flexibility index (Phi) is 6.63. The first-order chi connectivity index (χ1) is 17.9. The molecule has 2 saturated heterocycles. The van der Waals surface area contributed by atoms with Gasteiger partial charge in [-0.25, -0.2) is 9.18 Å². The van der Waals surface area contributed by atoms with E-state index in [4.69, 9.17) is 9.47 Å². The number of hydrogen-bond acceptors (Lipinski definition) is 4. The van der Waals surface area contributed by atoms with Crippen molar-refractivity contribution in [2.45, 2.75) is 43.9 Å². The highest BCUT2D eigenvalue weighted by Crippen LogP contribution is 2.52. The second-order valence-corrected chi connectivity index (χ2v) is 9.89. The molecule has 5 rings (SSSR count). The summed E-state index contributed by atoms with van der Waals surface area (Å²) < 4.78 is 26.0. The number of piperidine rings is 1. The smallest absolute Gasteiger partial charge is 0.411 e. The first kappa shape index (κ1) is 24.8. The molecule has 2 heterocycles. The molecule has 0 saturated carbocycles. The molecule has 0 aliphatic carbocycles. The van der Waals surface area contributed by atoms with Gasteiger partial charge in [-0.3, -0.25) is 9.69 Å². The number of halogens is 1. The Bertz CT molecular complexity index is 1290. The quantitative estimate of drug-likeness (QED) is 0.459. The van der Waals surface area contributed by atoms with E-state index in [1.807, 2.05) is 66.4 Å².